The number of nitrogens with one attached hydrogen (secondary N) is 1. The fraction of sp³-hybridized carbons (Fsp3) is 0.556. The van der Waals surface area contributed by atoms with Gasteiger partial charge in [-0.05, 0) is 0 Å². The zero-order chi connectivity index (χ0) is 13.4. The lowest BCUT2D eigenvalue weighted by Gasteiger charge is -2.18. The van der Waals surface area contributed by atoms with E-state index in [1.165, 1.54) is 0 Å². The number of aliphatic hydroxyl groups is 3. The van der Waals surface area contributed by atoms with Crippen molar-refractivity contribution in [1.82, 2.24) is 9.55 Å². The second-order valence-electron chi connectivity index (χ2n) is 3.96. The summed E-state index contributed by atoms with van der Waals surface area (Å²) < 4.78 is 5.94. The highest BCUT2D eigenvalue weighted by molar-refractivity contribution is 5.27. The van der Waals surface area contributed by atoms with E-state index in [2.05, 4.69) is 0 Å². The van der Waals surface area contributed by atoms with Crippen molar-refractivity contribution < 1.29 is 20.1 Å². The highest BCUT2D eigenvalue weighted by Crippen LogP contribution is 2.29. The summed E-state index contributed by atoms with van der Waals surface area (Å²) in [5, 5.41) is 28.2. The molecule has 100 valence electrons. The summed E-state index contributed by atoms with van der Waals surface area (Å²) in [5.74, 6) is -0.210. The lowest BCUT2D eigenvalue weighted by atomic mass is 10.1. The van der Waals surface area contributed by atoms with Crippen molar-refractivity contribution in [3.05, 3.63) is 26.9 Å². The monoisotopic (exact) mass is 259 g/mol. The Morgan fingerprint density at radius 3 is 2.56 bits per heavy atom. The number of ether oxygens (including phenoxy) is 1. The van der Waals surface area contributed by atoms with Gasteiger partial charge >= 0.3 is 5.69 Å². The number of nitrogens with two attached hydrogens (primary N) is 1. The molecule has 0 spiro atoms. The Kier molecular flexibility index (Phi) is 3.22. The Hall–Kier alpha value is -1.68. The number of H-pyrrole nitrogens is 1. The highest BCUT2D eigenvalue weighted by Gasteiger charge is 2.44. The second-order valence-corrected chi connectivity index (χ2v) is 3.96. The molecule has 1 fully saturated rings. The van der Waals surface area contributed by atoms with Crippen LogP contribution in [-0.4, -0.2) is 49.8 Å². The number of aromatic nitrogens is 2. The maximum Gasteiger partial charge on any atom is 0.332 e. The summed E-state index contributed by atoms with van der Waals surface area (Å²) in [5.41, 5.74) is 3.96. The Morgan fingerprint density at radius 1 is 1.39 bits per heavy atom. The SMILES string of the molecule is Nc1cc(=O)[nH]c(=O)n1[C@@H]1O[C@H](CO)[C@@H](O)[C@H]1O. The summed E-state index contributed by atoms with van der Waals surface area (Å²) in [6.45, 7) is -0.521. The van der Waals surface area contributed by atoms with Crippen molar-refractivity contribution in [3.8, 4) is 0 Å². The van der Waals surface area contributed by atoms with Gasteiger partial charge in [-0.3, -0.25) is 14.3 Å². The molecule has 18 heavy (non-hydrogen) atoms. The minimum Gasteiger partial charge on any atom is -0.394 e. The molecule has 0 bridgehead atoms. The van der Waals surface area contributed by atoms with Gasteiger partial charge in [-0.15, -0.1) is 0 Å². The predicted molar refractivity (Wildman–Crippen MR) is 58.7 cm³/mol. The maximum absolute atomic E-state index is 11.6. The van der Waals surface area contributed by atoms with Crippen LogP contribution in [0.25, 0.3) is 0 Å². The number of anilines is 1. The van der Waals surface area contributed by atoms with Crippen molar-refractivity contribution in [1.29, 1.82) is 0 Å². The van der Waals surface area contributed by atoms with Gasteiger partial charge in [0.2, 0.25) is 0 Å². The summed E-state index contributed by atoms with van der Waals surface area (Å²) in [6, 6.07) is 0.954. The fourth-order valence-electron chi connectivity index (χ4n) is 1.88. The first-order valence-electron chi connectivity index (χ1n) is 5.19. The van der Waals surface area contributed by atoms with E-state index < -0.39 is 42.4 Å². The minimum absolute atomic E-state index is 0.210. The molecule has 1 aromatic rings. The van der Waals surface area contributed by atoms with Crippen LogP contribution in [-0.2, 0) is 4.74 Å². The third-order valence-electron chi connectivity index (χ3n) is 2.78. The lowest BCUT2D eigenvalue weighted by molar-refractivity contribution is -0.0538. The van der Waals surface area contributed by atoms with E-state index >= 15 is 0 Å². The smallest absolute Gasteiger partial charge is 0.332 e. The van der Waals surface area contributed by atoms with Gasteiger partial charge in [0.15, 0.2) is 6.23 Å². The molecule has 2 heterocycles. The predicted octanol–water partition coefficient (Wildman–Crippen LogP) is -3.27. The average Bonchev–Trinajstić information content (AvgIpc) is 2.56. The van der Waals surface area contributed by atoms with Crippen LogP contribution in [0.3, 0.4) is 0 Å². The van der Waals surface area contributed by atoms with Gasteiger partial charge in [0.1, 0.15) is 24.1 Å². The van der Waals surface area contributed by atoms with Gasteiger partial charge in [-0.25, -0.2) is 4.79 Å². The number of rotatable bonds is 2. The molecule has 0 saturated carbocycles. The third-order valence-corrected chi connectivity index (χ3v) is 2.78. The Balaban J connectivity index is 2.45. The van der Waals surface area contributed by atoms with Crippen molar-refractivity contribution in [3.63, 3.8) is 0 Å². The van der Waals surface area contributed by atoms with E-state index in [4.69, 9.17) is 15.6 Å². The van der Waals surface area contributed by atoms with E-state index in [1.54, 1.807) is 0 Å². The number of aromatic amines is 1. The lowest BCUT2D eigenvalue weighted by Crippen LogP contribution is -2.39. The highest BCUT2D eigenvalue weighted by atomic mass is 16.6. The molecule has 1 saturated heterocycles. The molecule has 9 nitrogen and oxygen atoms in total. The van der Waals surface area contributed by atoms with E-state index in [0.717, 1.165) is 10.6 Å². The van der Waals surface area contributed by atoms with Crippen molar-refractivity contribution in [2.24, 2.45) is 0 Å². The second kappa shape index (κ2) is 4.53. The summed E-state index contributed by atoms with van der Waals surface area (Å²) in [4.78, 5) is 24.6. The Morgan fingerprint density at radius 2 is 2.06 bits per heavy atom. The van der Waals surface area contributed by atoms with Gasteiger partial charge in [-0.1, -0.05) is 0 Å². The van der Waals surface area contributed by atoms with Crippen LogP contribution in [0.4, 0.5) is 5.82 Å². The van der Waals surface area contributed by atoms with Crippen molar-refractivity contribution in [2.75, 3.05) is 12.3 Å². The largest absolute Gasteiger partial charge is 0.394 e. The summed E-state index contributed by atoms with van der Waals surface area (Å²) in [7, 11) is 0. The first-order chi connectivity index (χ1) is 8.45. The fourth-order valence-corrected chi connectivity index (χ4v) is 1.88. The summed E-state index contributed by atoms with van der Waals surface area (Å²) in [6.07, 6.45) is -5.07. The average molecular weight is 259 g/mol. The molecule has 9 heteroatoms. The van der Waals surface area contributed by atoms with Crippen LogP contribution >= 0.6 is 0 Å². The molecule has 1 aliphatic rings. The molecule has 6 N–H and O–H groups in total. The molecule has 0 amide bonds. The maximum atomic E-state index is 11.6. The van der Waals surface area contributed by atoms with Crippen LogP contribution in [0.5, 0.6) is 0 Å². The zero-order valence-corrected chi connectivity index (χ0v) is 9.18. The number of hydrogen-bond donors (Lipinski definition) is 5. The number of hydrogen-bond acceptors (Lipinski definition) is 7. The van der Waals surface area contributed by atoms with E-state index in [-0.39, 0.29) is 5.82 Å². The molecule has 4 atom stereocenters. The van der Waals surface area contributed by atoms with Crippen molar-refractivity contribution >= 4 is 5.82 Å². The first-order valence-corrected chi connectivity index (χ1v) is 5.19. The van der Waals surface area contributed by atoms with Gasteiger partial charge in [0.25, 0.3) is 5.56 Å². The van der Waals surface area contributed by atoms with Gasteiger partial charge in [-0.2, -0.15) is 0 Å². The van der Waals surface area contributed by atoms with Crippen LogP contribution in [0.2, 0.25) is 0 Å². The normalized spacial score (nSPS) is 31.7. The topological polar surface area (TPSA) is 151 Å². The van der Waals surface area contributed by atoms with Crippen molar-refractivity contribution in [2.45, 2.75) is 24.5 Å². The number of nitrogen functional groups attached to an aromatic ring is 1. The van der Waals surface area contributed by atoms with Crippen LogP contribution < -0.4 is 17.0 Å². The van der Waals surface area contributed by atoms with Gasteiger partial charge < -0.3 is 25.8 Å². The molecule has 2 rings (SSSR count). The standard InChI is InChI=1S/C9H13N3O6/c10-4-1-5(14)11-9(17)12(4)8-7(16)6(15)3(2-13)18-8/h1,3,6-8,13,15-16H,2,10H2,(H,11,14,17)/t3-,6-,7-,8-/m1/s1. The minimum atomic E-state index is -1.44. The van der Waals surface area contributed by atoms with Gasteiger partial charge in [0, 0.05) is 6.07 Å². The first kappa shape index (κ1) is 12.8. The molecule has 0 aromatic carbocycles. The van der Waals surface area contributed by atoms with E-state index in [9.17, 15) is 19.8 Å². The van der Waals surface area contributed by atoms with Crippen LogP contribution in [0.15, 0.2) is 15.7 Å². The van der Waals surface area contributed by atoms with E-state index in [0.29, 0.717) is 0 Å². The molecular weight excluding hydrogens is 246 g/mol. The molecule has 0 radical (unpaired) electrons. The molecule has 1 aromatic heterocycles. The number of aliphatic hydroxyl groups excluding tert-OH is 3. The zero-order valence-electron chi connectivity index (χ0n) is 9.18. The molecule has 1 aliphatic heterocycles. The summed E-state index contributed by atoms with van der Waals surface area (Å²) >= 11 is 0. The Bertz CT molecular complexity index is 552. The third kappa shape index (κ3) is 1.93. The molecule has 0 unspecified atom stereocenters. The molecule has 0 aliphatic carbocycles. The van der Waals surface area contributed by atoms with Crippen LogP contribution in [0.1, 0.15) is 6.23 Å². The van der Waals surface area contributed by atoms with Gasteiger partial charge in [0.05, 0.1) is 6.61 Å². The van der Waals surface area contributed by atoms with Crippen LogP contribution in [0, 0.1) is 0 Å². The number of nitrogens with zero attached hydrogens (tertiary/aromatic N) is 1. The molecular formula is C9H13N3O6. The Labute approximate surface area is 100 Å². The quantitative estimate of drug-likeness (QED) is 0.373. The van der Waals surface area contributed by atoms with E-state index in [1.807, 2.05) is 4.98 Å².